The number of halogens is 2. The standard InChI is InChI=1S/C9H17F2NO2S/c1-3-8-4-7(2)5-12(6-8)15(13,14)9(10)11/h7-9H,3-6H2,1-2H3/t7-,8-/m0/s1. The Morgan fingerprint density at radius 2 is 2.00 bits per heavy atom. The summed E-state index contributed by atoms with van der Waals surface area (Å²) in [6.45, 7) is 4.32. The molecule has 0 aromatic heterocycles. The number of rotatable bonds is 3. The van der Waals surface area contributed by atoms with Crippen LogP contribution in [0.2, 0.25) is 0 Å². The first-order valence-electron chi connectivity index (χ1n) is 5.15. The van der Waals surface area contributed by atoms with Gasteiger partial charge in [0, 0.05) is 13.1 Å². The van der Waals surface area contributed by atoms with Crippen LogP contribution in [0.4, 0.5) is 8.78 Å². The summed E-state index contributed by atoms with van der Waals surface area (Å²) in [5.41, 5.74) is 0. The second kappa shape index (κ2) is 4.74. The quantitative estimate of drug-likeness (QED) is 0.757. The van der Waals surface area contributed by atoms with E-state index in [4.69, 9.17) is 0 Å². The van der Waals surface area contributed by atoms with Crippen LogP contribution in [-0.4, -0.2) is 31.6 Å². The van der Waals surface area contributed by atoms with E-state index in [1.807, 2.05) is 13.8 Å². The minimum Gasteiger partial charge on any atom is -0.206 e. The lowest BCUT2D eigenvalue weighted by molar-refractivity contribution is 0.176. The van der Waals surface area contributed by atoms with Crippen LogP contribution in [0, 0.1) is 11.8 Å². The van der Waals surface area contributed by atoms with Gasteiger partial charge in [-0.25, -0.2) is 8.42 Å². The fourth-order valence-corrected chi connectivity index (χ4v) is 3.15. The monoisotopic (exact) mass is 241 g/mol. The first kappa shape index (κ1) is 12.8. The summed E-state index contributed by atoms with van der Waals surface area (Å²) >= 11 is 0. The average molecular weight is 241 g/mol. The van der Waals surface area contributed by atoms with Crippen LogP contribution >= 0.6 is 0 Å². The molecule has 1 aliphatic heterocycles. The Hall–Kier alpha value is -0.230. The van der Waals surface area contributed by atoms with Crippen molar-refractivity contribution in [3.8, 4) is 0 Å². The Balaban J connectivity index is 2.78. The molecule has 0 aromatic rings. The summed E-state index contributed by atoms with van der Waals surface area (Å²) in [4.78, 5) is 0. The number of sulfonamides is 1. The summed E-state index contributed by atoms with van der Waals surface area (Å²) in [5, 5.41) is 0. The molecule has 1 fully saturated rings. The number of hydrogen-bond donors (Lipinski definition) is 0. The van der Waals surface area contributed by atoms with Crippen molar-refractivity contribution in [2.45, 2.75) is 32.4 Å². The summed E-state index contributed by atoms with van der Waals surface area (Å²) in [5.74, 6) is -2.92. The van der Waals surface area contributed by atoms with Crippen LogP contribution in [-0.2, 0) is 10.0 Å². The molecule has 0 amide bonds. The van der Waals surface area contributed by atoms with Gasteiger partial charge in [-0.3, -0.25) is 0 Å². The van der Waals surface area contributed by atoms with Gasteiger partial charge in [0.25, 0.3) is 10.0 Å². The Kier molecular flexibility index (Phi) is 4.06. The molecule has 0 aliphatic carbocycles. The van der Waals surface area contributed by atoms with Crippen LogP contribution in [0.1, 0.15) is 26.7 Å². The second-order valence-corrected chi connectivity index (χ2v) is 6.14. The average Bonchev–Trinajstić information content (AvgIpc) is 2.16. The van der Waals surface area contributed by atoms with E-state index >= 15 is 0 Å². The molecule has 1 heterocycles. The molecule has 15 heavy (non-hydrogen) atoms. The molecule has 1 saturated heterocycles. The van der Waals surface area contributed by atoms with Crippen molar-refractivity contribution >= 4 is 10.0 Å². The van der Waals surface area contributed by atoms with E-state index < -0.39 is 15.8 Å². The molecule has 0 unspecified atom stereocenters. The third-order valence-corrected chi connectivity index (χ3v) is 4.34. The molecule has 2 atom stereocenters. The molecule has 0 N–H and O–H groups in total. The van der Waals surface area contributed by atoms with Crippen molar-refractivity contribution in [1.82, 2.24) is 4.31 Å². The van der Waals surface area contributed by atoms with Gasteiger partial charge in [-0.15, -0.1) is 0 Å². The van der Waals surface area contributed by atoms with Gasteiger partial charge in [0.15, 0.2) is 0 Å². The largest absolute Gasteiger partial charge is 0.350 e. The molecule has 0 aromatic carbocycles. The zero-order valence-corrected chi connectivity index (χ0v) is 9.80. The highest BCUT2D eigenvalue weighted by Crippen LogP contribution is 2.27. The van der Waals surface area contributed by atoms with E-state index in [1.165, 1.54) is 0 Å². The van der Waals surface area contributed by atoms with Crippen molar-refractivity contribution in [1.29, 1.82) is 0 Å². The molecular weight excluding hydrogens is 224 g/mol. The van der Waals surface area contributed by atoms with E-state index in [2.05, 4.69) is 0 Å². The van der Waals surface area contributed by atoms with Gasteiger partial charge in [0.2, 0.25) is 0 Å². The van der Waals surface area contributed by atoms with Crippen LogP contribution in [0.15, 0.2) is 0 Å². The van der Waals surface area contributed by atoms with E-state index in [0.29, 0.717) is 0 Å². The van der Waals surface area contributed by atoms with Crippen molar-refractivity contribution < 1.29 is 17.2 Å². The van der Waals surface area contributed by atoms with Crippen molar-refractivity contribution in [3.05, 3.63) is 0 Å². The molecule has 0 spiro atoms. The Bertz CT molecular complexity index is 305. The maximum absolute atomic E-state index is 12.3. The third kappa shape index (κ3) is 2.87. The topological polar surface area (TPSA) is 37.4 Å². The highest BCUT2D eigenvalue weighted by Gasteiger charge is 2.36. The Morgan fingerprint density at radius 1 is 1.40 bits per heavy atom. The number of nitrogens with zero attached hydrogens (tertiary/aromatic N) is 1. The highest BCUT2D eigenvalue weighted by atomic mass is 32.2. The predicted octanol–water partition coefficient (Wildman–Crippen LogP) is 1.91. The van der Waals surface area contributed by atoms with E-state index in [1.54, 1.807) is 0 Å². The molecule has 0 radical (unpaired) electrons. The first-order chi connectivity index (χ1) is 6.87. The fourth-order valence-electron chi connectivity index (χ4n) is 2.04. The molecule has 1 rings (SSSR count). The van der Waals surface area contributed by atoms with Gasteiger partial charge in [0.1, 0.15) is 0 Å². The van der Waals surface area contributed by atoms with Crippen LogP contribution < -0.4 is 0 Å². The molecule has 1 aliphatic rings. The number of alkyl halides is 2. The van der Waals surface area contributed by atoms with Gasteiger partial charge >= 0.3 is 5.76 Å². The Labute approximate surface area is 89.5 Å². The van der Waals surface area contributed by atoms with Crippen molar-refractivity contribution in [2.24, 2.45) is 11.8 Å². The lowest BCUT2D eigenvalue weighted by Gasteiger charge is -2.34. The molecule has 0 saturated carbocycles. The molecule has 0 bridgehead atoms. The van der Waals surface area contributed by atoms with E-state index in [0.717, 1.165) is 17.1 Å². The van der Waals surface area contributed by atoms with Crippen LogP contribution in [0.25, 0.3) is 0 Å². The van der Waals surface area contributed by atoms with Crippen molar-refractivity contribution in [2.75, 3.05) is 13.1 Å². The zero-order valence-electron chi connectivity index (χ0n) is 8.99. The van der Waals surface area contributed by atoms with Crippen LogP contribution in [0.5, 0.6) is 0 Å². The molecule has 90 valence electrons. The minimum atomic E-state index is -4.38. The lowest BCUT2D eigenvalue weighted by Crippen LogP contribution is -2.45. The van der Waals surface area contributed by atoms with Gasteiger partial charge in [-0.05, 0) is 18.3 Å². The molecule has 3 nitrogen and oxygen atoms in total. The summed E-state index contributed by atoms with van der Waals surface area (Å²) < 4.78 is 48.1. The molecule has 6 heteroatoms. The fraction of sp³-hybridized carbons (Fsp3) is 1.00. The highest BCUT2D eigenvalue weighted by molar-refractivity contribution is 7.89. The second-order valence-electron chi connectivity index (χ2n) is 4.24. The van der Waals surface area contributed by atoms with Gasteiger partial charge in [-0.1, -0.05) is 20.3 Å². The van der Waals surface area contributed by atoms with E-state index in [-0.39, 0.29) is 24.9 Å². The predicted molar refractivity (Wildman–Crippen MR) is 54.1 cm³/mol. The normalized spacial score (nSPS) is 29.7. The maximum atomic E-state index is 12.3. The maximum Gasteiger partial charge on any atom is 0.350 e. The smallest absolute Gasteiger partial charge is 0.206 e. The molecular formula is C9H17F2NO2S. The minimum absolute atomic E-state index is 0.164. The van der Waals surface area contributed by atoms with Crippen LogP contribution in [0.3, 0.4) is 0 Å². The van der Waals surface area contributed by atoms with Gasteiger partial charge < -0.3 is 0 Å². The summed E-state index contributed by atoms with van der Waals surface area (Å²) in [7, 11) is -4.38. The third-order valence-electron chi connectivity index (χ3n) is 2.88. The number of piperidine rings is 1. The van der Waals surface area contributed by atoms with Gasteiger partial charge in [0.05, 0.1) is 0 Å². The van der Waals surface area contributed by atoms with E-state index in [9.17, 15) is 17.2 Å². The van der Waals surface area contributed by atoms with Crippen molar-refractivity contribution in [3.63, 3.8) is 0 Å². The SMILES string of the molecule is CC[C@H]1C[C@H](C)CN(S(=O)(=O)C(F)F)C1. The summed E-state index contributed by atoms with van der Waals surface area (Å²) in [6.07, 6.45) is 1.76. The first-order valence-corrected chi connectivity index (χ1v) is 6.65. The zero-order chi connectivity index (χ0) is 11.6. The summed E-state index contributed by atoms with van der Waals surface area (Å²) in [6, 6.07) is 0. The van der Waals surface area contributed by atoms with Gasteiger partial charge in [-0.2, -0.15) is 13.1 Å². The Morgan fingerprint density at radius 3 is 2.47 bits per heavy atom. The lowest BCUT2D eigenvalue weighted by atomic mass is 9.90. The number of hydrogen-bond acceptors (Lipinski definition) is 2.